The molecule has 7 heteroatoms. The van der Waals surface area contributed by atoms with Gasteiger partial charge in [-0.05, 0) is 6.54 Å². The van der Waals surface area contributed by atoms with Crippen molar-refractivity contribution >= 4 is 10.0 Å². The van der Waals surface area contributed by atoms with E-state index in [1.165, 1.54) is 4.31 Å². The standard InChI is InChI=1S/C9H18N4O2S/c1-3-10-4-5-16(14,15)13(2)8-9-6-11-12-7-9/h6-7,10H,3-5,8H2,1-2H3,(H,11,12). The van der Waals surface area contributed by atoms with Crippen LogP contribution in [0.15, 0.2) is 12.4 Å². The lowest BCUT2D eigenvalue weighted by Gasteiger charge is -2.16. The lowest BCUT2D eigenvalue weighted by atomic mass is 10.4. The summed E-state index contributed by atoms with van der Waals surface area (Å²) in [5.74, 6) is 0.120. The van der Waals surface area contributed by atoms with Crippen molar-refractivity contribution in [2.45, 2.75) is 13.5 Å². The number of aromatic nitrogens is 2. The first-order valence-corrected chi connectivity index (χ1v) is 6.79. The van der Waals surface area contributed by atoms with Crippen LogP contribution in [0.1, 0.15) is 12.5 Å². The van der Waals surface area contributed by atoms with Crippen LogP contribution in [0, 0.1) is 0 Å². The minimum absolute atomic E-state index is 0.120. The van der Waals surface area contributed by atoms with Crippen LogP contribution in [0.2, 0.25) is 0 Å². The smallest absolute Gasteiger partial charge is 0.215 e. The molecule has 0 aromatic carbocycles. The third-order valence-electron chi connectivity index (χ3n) is 2.22. The van der Waals surface area contributed by atoms with Crippen LogP contribution in [0.5, 0.6) is 0 Å². The van der Waals surface area contributed by atoms with E-state index in [1.54, 1.807) is 19.4 Å². The first-order chi connectivity index (χ1) is 7.56. The molecule has 0 aliphatic heterocycles. The summed E-state index contributed by atoms with van der Waals surface area (Å²) in [6.07, 6.45) is 3.31. The second kappa shape index (κ2) is 5.97. The molecule has 0 saturated heterocycles. The van der Waals surface area contributed by atoms with E-state index in [0.717, 1.165) is 12.1 Å². The molecule has 0 fully saturated rings. The summed E-state index contributed by atoms with van der Waals surface area (Å²) < 4.78 is 24.9. The average Bonchev–Trinajstić information content (AvgIpc) is 2.70. The highest BCUT2D eigenvalue weighted by Crippen LogP contribution is 2.05. The minimum Gasteiger partial charge on any atom is -0.316 e. The van der Waals surface area contributed by atoms with E-state index in [9.17, 15) is 8.42 Å². The molecule has 2 N–H and O–H groups in total. The fourth-order valence-corrected chi connectivity index (χ4v) is 2.31. The number of hydrogen-bond donors (Lipinski definition) is 2. The molecule has 1 aromatic rings. The highest BCUT2D eigenvalue weighted by molar-refractivity contribution is 7.89. The third-order valence-corrected chi connectivity index (χ3v) is 4.02. The lowest BCUT2D eigenvalue weighted by Crippen LogP contribution is -2.33. The van der Waals surface area contributed by atoms with Crippen LogP contribution in [0.3, 0.4) is 0 Å². The summed E-state index contributed by atoms with van der Waals surface area (Å²) in [6, 6.07) is 0. The van der Waals surface area contributed by atoms with Crippen molar-refractivity contribution in [2.24, 2.45) is 0 Å². The van der Waals surface area contributed by atoms with Gasteiger partial charge in [-0.25, -0.2) is 12.7 Å². The van der Waals surface area contributed by atoms with Gasteiger partial charge in [-0.1, -0.05) is 6.92 Å². The van der Waals surface area contributed by atoms with Crippen LogP contribution in [0.25, 0.3) is 0 Å². The molecule has 0 unspecified atom stereocenters. The van der Waals surface area contributed by atoms with Gasteiger partial charge >= 0.3 is 0 Å². The van der Waals surface area contributed by atoms with Gasteiger partial charge in [0.25, 0.3) is 0 Å². The van der Waals surface area contributed by atoms with Crippen LogP contribution in [0.4, 0.5) is 0 Å². The second-order valence-electron chi connectivity index (χ2n) is 3.53. The number of aromatic amines is 1. The molecule has 0 aliphatic carbocycles. The van der Waals surface area contributed by atoms with Gasteiger partial charge in [0.05, 0.1) is 11.9 Å². The maximum Gasteiger partial charge on any atom is 0.215 e. The molecule has 92 valence electrons. The van der Waals surface area contributed by atoms with E-state index in [1.807, 2.05) is 6.92 Å². The minimum atomic E-state index is -3.18. The summed E-state index contributed by atoms with van der Waals surface area (Å²) in [5.41, 5.74) is 0.856. The zero-order valence-corrected chi connectivity index (χ0v) is 10.4. The van der Waals surface area contributed by atoms with E-state index in [-0.39, 0.29) is 5.75 Å². The molecular formula is C9H18N4O2S. The van der Waals surface area contributed by atoms with Crippen molar-refractivity contribution in [3.63, 3.8) is 0 Å². The Morgan fingerprint density at radius 1 is 1.56 bits per heavy atom. The summed E-state index contributed by atoms with van der Waals surface area (Å²) in [5, 5.41) is 9.42. The molecule has 0 atom stereocenters. The normalized spacial score (nSPS) is 12.2. The zero-order chi connectivity index (χ0) is 12.0. The number of hydrogen-bond acceptors (Lipinski definition) is 4. The maximum atomic E-state index is 11.8. The van der Waals surface area contributed by atoms with Crippen molar-refractivity contribution in [3.8, 4) is 0 Å². The van der Waals surface area contributed by atoms with Crippen molar-refractivity contribution in [1.29, 1.82) is 0 Å². The summed E-state index contributed by atoms with van der Waals surface area (Å²) in [6.45, 7) is 3.56. The number of H-pyrrole nitrogens is 1. The topological polar surface area (TPSA) is 78.1 Å². The Hall–Kier alpha value is -0.920. The average molecular weight is 246 g/mol. The van der Waals surface area contributed by atoms with Crippen molar-refractivity contribution < 1.29 is 8.42 Å². The fraction of sp³-hybridized carbons (Fsp3) is 0.667. The fourth-order valence-electron chi connectivity index (χ4n) is 1.25. The van der Waals surface area contributed by atoms with Crippen molar-refractivity contribution in [3.05, 3.63) is 18.0 Å². The van der Waals surface area contributed by atoms with Gasteiger partial charge in [0.1, 0.15) is 0 Å². The van der Waals surface area contributed by atoms with E-state index in [0.29, 0.717) is 13.1 Å². The highest BCUT2D eigenvalue weighted by Gasteiger charge is 2.17. The largest absolute Gasteiger partial charge is 0.316 e. The molecule has 0 bridgehead atoms. The Bertz CT molecular complexity index is 388. The molecular weight excluding hydrogens is 228 g/mol. The summed E-state index contributed by atoms with van der Waals surface area (Å²) in [7, 11) is -1.60. The number of nitrogens with one attached hydrogen (secondary N) is 2. The van der Waals surface area contributed by atoms with Gasteiger partial charge in [0.2, 0.25) is 10.0 Å². The van der Waals surface area contributed by atoms with Gasteiger partial charge < -0.3 is 5.32 Å². The molecule has 0 saturated carbocycles. The van der Waals surface area contributed by atoms with Crippen LogP contribution >= 0.6 is 0 Å². The van der Waals surface area contributed by atoms with E-state index < -0.39 is 10.0 Å². The Labute approximate surface area is 96.1 Å². The zero-order valence-electron chi connectivity index (χ0n) is 9.60. The molecule has 0 radical (unpaired) electrons. The SMILES string of the molecule is CCNCCS(=O)(=O)N(C)Cc1cn[nH]c1. The molecule has 0 spiro atoms. The van der Waals surface area contributed by atoms with Crippen LogP contribution in [-0.2, 0) is 16.6 Å². The Morgan fingerprint density at radius 2 is 2.31 bits per heavy atom. The molecule has 6 nitrogen and oxygen atoms in total. The second-order valence-corrected chi connectivity index (χ2v) is 5.73. The predicted molar refractivity (Wildman–Crippen MR) is 62.4 cm³/mol. The maximum absolute atomic E-state index is 11.8. The molecule has 1 rings (SSSR count). The van der Waals surface area contributed by atoms with Gasteiger partial charge in [-0.3, -0.25) is 5.10 Å². The quantitative estimate of drug-likeness (QED) is 0.652. The van der Waals surface area contributed by atoms with Gasteiger partial charge in [-0.15, -0.1) is 0 Å². The van der Waals surface area contributed by atoms with Crippen LogP contribution < -0.4 is 5.32 Å². The van der Waals surface area contributed by atoms with Gasteiger partial charge in [0.15, 0.2) is 0 Å². The van der Waals surface area contributed by atoms with Crippen LogP contribution in [-0.4, -0.2) is 48.8 Å². The number of rotatable bonds is 7. The van der Waals surface area contributed by atoms with Crippen molar-refractivity contribution in [1.82, 2.24) is 19.8 Å². The number of sulfonamides is 1. The van der Waals surface area contributed by atoms with E-state index in [4.69, 9.17) is 0 Å². The molecule has 16 heavy (non-hydrogen) atoms. The van der Waals surface area contributed by atoms with E-state index >= 15 is 0 Å². The Kier molecular flexibility index (Phi) is 4.91. The molecule has 0 amide bonds. The monoisotopic (exact) mass is 246 g/mol. The van der Waals surface area contributed by atoms with E-state index in [2.05, 4.69) is 15.5 Å². The first kappa shape index (κ1) is 13.1. The molecule has 1 heterocycles. The molecule has 0 aliphatic rings. The first-order valence-electron chi connectivity index (χ1n) is 5.18. The number of nitrogens with zero attached hydrogens (tertiary/aromatic N) is 2. The summed E-state index contributed by atoms with van der Waals surface area (Å²) in [4.78, 5) is 0. The molecule has 1 aromatic heterocycles. The Balaban J connectivity index is 2.48. The Morgan fingerprint density at radius 3 is 2.88 bits per heavy atom. The lowest BCUT2D eigenvalue weighted by molar-refractivity contribution is 0.465. The summed E-state index contributed by atoms with van der Waals surface area (Å²) >= 11 is 0. The third kappa shape index (κ3) is 3.92. The van der Waals surface area contributed by atoms with Gasteiger partial charge in [0, 0.05) is 31.9 Å². The van der Waals surface area contributed by atoms with Crippen molar-refractivity contribution in [2.75, 3.05) is 25.9 Å². The predicted octanol–water partition coefficient (Wildman–Crippen LogP) is -0.219. The highest BCUT2D eigenvalue weighted by atomic mass is 32.2. The van der Waals surface area contributed by atoms with Gasteiger partial charge in [-0.2, -0.15) is 5.10 Å².